The third kappa shape index (κ3) is 5.30. The number of rotatable bonds is 6. The SMILES string of the molecule is CCCCC1CCCCC(N(C)C(C)CC)CC1. The molecule has 0 N–H and O–H groups in total. The van der Waals surface area contributed by atoms with Crippen molar-refractivity contribution >= 4 is 0 Å². The zero-order valence-electron chi connectivity index (χ0n) is 13.3. The lowest BCUT2D eigenvalue weighted by Gasteiger charge is -2.35. The maximum atomic E-state index is 2.65. The normalized spacial score (nSPS) is 27.8. The highest BCUT2D eigenvalue weighted by Gasteiger charge is 2.22. The molecule has 108 valence electrons. The van der Waals surface area contributed by atoms with Crippen molar-refractivity contribution in [2.45, 2.75) is 97.1 Å². The zero-order valence-corrected chi connectivity index (χ0v) is 13.3. The first-order valence-corrected chi connectivity index (χ1v) is 8.40. The average molecular weight is 253 g/mol. The van der Waals surface area contributed by atoms with Gasteiger partial charge in [-0.1, -0.05) is 52.4 Å². The molecule has 1 rings (SSSR count). The standard InChI is InChI=1S/C17H35N/c1-5-7-10-16-11-8-9-12-17(14-13-16)18(4)15(3)6-2/h15-17H,5-14H2,1-4H3. The smallest absolute Gasteiger partial charge is 0.00951 e. The first-order chi connectivity index (χ1) is 8.69. The second-order valence-electron chi connectivity index (χ2n) is 6.45. The molecule has 1 aliphatic rings. The largest absolute Gasteiger partial charge is 0.301 e. The molecule has 0 radical (unpaired) electrons. The summed E-state index contributed by atoms with van der Waals surface area (Å²) in [4.78, 5) is 2.65. The van der Waals surface area contributed by atoms with Crippen LogP contribution < -0.4 is 0 Å². The van der Waals surface area contributed by atoms with E-state index in [1.807, 2.05) is 0 Å². The van der Waals surface area contributed by atoms with E-state index in [9.17, 15) is 0 Å². The van der Waals surface area contributed by atoms with Crippen LogP contribution in [0.4, 0.5) is 0 Å². The molecule has 0 aliphatic heterocycles. The van der Waals surface area contributed by atoms with Gasteiger partial charge in [-0.05, 0) is 45.6 Å². The van der Waals surface area contributed by atoms with E-state index in [1.165, 1.54) is 64.2 Å². The Morgan fingerprint density at radius 1 is 1.06 bits per heavy atom. The van der Waals surface area contributed by atoms with Crippen molar-refractivity contribution in [1.29, 1.82) is 0 Å². The van der Waals surface area contributed by atoms with E-state index in [4.69, 9.17) is 0 Å². The number of unbranched alkanes of at least 4 members (excludes halogenated alkanes) is 1. The molecule has 1 aliphatic carbocycles. The summed E-state index contributed by atoms with van der Waals surface area (Å²) in [7, 11) is 2.35. The minimum Gasteiger partial charge on any atom is -0.301 e. The minimum absolute atomic E-state index is 0.753. The third-order valence-electron chi connectivity index (χ3n) is 5.14. The summed E-state index contributed by atoms with van der Waals surface area (Å²) in [6, 6.07) is 1.60. The molecule has 1 heteroatoms. The predicted octanol–water partition coefficient (Wildman–Crippen LogP) is 5.25. The third-order valence-corrected chi connectivity index (χ3v) is 5.14. The van der Waals surface area contributed by atoms with Gasteiger partial charge in [-0.15, -0.1) is 0 Å². The van der Waals surface area contributed by atoms with Crippen LogP contribution in [0.15, 0.2) is 0 Å². The van der Waals surface area contributed by atoms with Crippen LogP contribution in [0.25, 0.3) is 0 Å². The van der Waals surface area contributed by atoms with E-state index >= 15 is 0 Å². The summed E-state index contributed by atoms with van der Waals surface area (Å²) in [6.45, 7) is 7.02. The van der Waals surface area contributed by atoms with Crippen molar-refractivity contribution in [1.82, 2.24) is 4.90 Å². The molecule has 0 aromatic heterocycles. The maximum absolute atomic E-state index is 2.65. The van der Waals surface area contributed by atoms with E-state index < -0.39 is 0 Å². The van der Waals surface area contributed by atoms with Gasteiger partial charge in [0.2, 0.25) is 0 Å². The summed E-state index contributed by atoms with van der Waals surface area (Å²) < 4.78 is 0. The Bertz CT molecular complexity index is 200. The van der Waals surface area contributed by atoms with E-state index in [2.05, 4.69) is 32.7 Å². The molecule has 1 fully saturated rings. The van der Waals surface area contributed by atoms with E-state index in [0.29, 0.717) is 0 Å². The van der Waals surface area contributed by atoms with Crippen LogP contribution in [0.2, 0.25) is 0 Å². The van der Waals surface area contributed by atoms with Crippen molar-refractivity contribution in [3.63, 3.8) is 0 Å². The Morgan fingerprint density at radius 2 is 1.78 bits per heavy atom. The summed E-state index contributed by atoms with van der Waals surface area (Å²) in [5, 5.41) is 0. The average Bonchev–Trinajstić information content (AvgIpc) is 2.36. The molecule has 0 heterocycles. The molecule has 0 spiro atoms. The fraction of sp³-hybridized carbons (Fsp3) is 1.00. The highest BCUT2D eigenvalue weighted by molar-refractivity contribution is 4.77. The van der Waals surface area contributed by atoms with Crippen LogP contribution in [0, 0.1) is 5.92 Å². The predicted molar refractivity (Wildman–Crippen MR) is 82.0 cm³/mol. The molecule has 3 unspecified atom stereocenters. The topological polar surface area (TPSA) is 3.24 Å². The highest BCUT2D eigenvalue weighted by Crippen LogP contribution is 2.29. The van der Waals surface area contributed by atoms with Crippen molar-refractivity contribution < 1.29 is 0 Å². The summed E-state index contributed by atoms with van der Waals surface area (Å²) in [5.41, 5.74) is 0. The maximum Gasteiger partial charge on any atom is 0.00951 e. The molecule has 0 saturated heterocycles. The monoisotopic (exact) mass is 253 g/mol. The van der Waals surface area contributed by atoms with Gasteiger partial charge in [-0.25, -0.2) is 0 Å². The van der Waals surface area contributed by atoms with Crippen LogP contribution in [0.3, 0.4) is 0 Å². The fourth-order valence-corrected chi connectivity index (χ4v) is 3.37. The highest BCUT2D eigenvalue weighted by atomic mass is 15.1. The molecule has 0 amide bonds. The van der Waals surface area contributed by atoms with Crippen LogP contribution in [0.1, 0.15) is 85.0 Å². The molecule has 0 bridgehead atoms. The summed E-state index contributed by atoms with van der Waals surface area (Å²) in [5.74, 6) is 1.03. The Kier molecular flexibility index (Phi) is 7.97. The number of nitrogens with zero attached hydrogens (tertiary/aromatic N) is 1. The van der Waals surface area contributed by atoms with Crippen LogP contribution in [-0.2, 0) is 0 Å². The second kappa shape index (κ2) is 8.96. The van der Waals surface area contributed by atoms with Crippen LogP contribution in [-0.4, -0.2) is 24.0 Å². The summed E-state index contributed by atoms with van der Waals surface area (Å²) >= 11 is 0. The minimum atomic E-state index is 0.753. The molecule has 3 atom stereocenters. The Labute approximate surface area is 115 Å². The lowest BCUT2D eigenvalue weighted by molar-refractivity contribution is 0.142. The van der Waals surface area contributed by atoms with Crippen molar-refractivity contribution in [2.24, 2.45) is 5.92 Å². The molecule has 0 aromatic carbocycles. The number of hydrogen-bond acceptors (Lipinski definition) is 1. The van der Waals surface area contributed by atoms with E-state index in [1.54, 1.807) is 0 Å². The zero-order chi connectivity index (χ0) is 13.4. The quantitative estimate of drug-likeness (QED) is 0.625. The summed E-state index contributed by atoms with van der Waals surface area (Å²) in [6.07, 6.45) is 14.3. The van der Waals surface area contributed by atoms with Gasteiger partial charge in [-0.3, -0.25) is 0 Å². The van der Waals surface area contributed by atoms with Gasteiger partial charge in [0, 0.05) is 12.1 Å². The lowest BCUT2D eigenvalue weighted by atomic mass is 9.85. The van der Waals surface area contributed by atoms with Crippen molar-refractivity contribution in [3.8, 4) is 0 Å². The Morgan fingerprint density at radius 3 is 2.44 bits per heavy atom. The molecule has 0 aromatic rings. The molecular formula is C17H35N. The molecule has 18 heavy (non-hydrogen) atoms. The molecule has 1 nitrogen and oxygen atoms in total. The molecular weight excluding hydrogens is 218 g/mol. The first kappa shape index (κ1) is 16.0. The van der Waals surface area contributed by atoms with E-state index in [0.717, 1.165) is 18.0 Å². The van der Waals surface area contributed by atoms with Gasteiger partial charge in [0.25, 0.3) is 0 Å². The van der Waals surface area contributed by atoms with Crippen LogP contribution in [0.5, 0.6) is 0 Å². The van der Waals surface area contributed by atoms with Gasteiger partial charge < -0.3 is 4.90 Å². The van der Waals surface area contributed by atoms with Gasteiger partial charge in [0.05, 0.1) is 0 Å². The Hall–Kier alpha value is -0.0400. The van der Waals surface area contributed by atoms with Gasteiger partial charge in [0.1, 0.15) is 0 Å². The van der Waals surface area contributed by atoms with Gasteiger partial charge >= 0.3 is 0 Å². The van der Waals surface area contributed by atoms with Gasteiger partial charge in [-0.2, -0.15) is 0 Å². The number of hydrogen-bond donors (Lipinski definition) is 0. The van der Waals surface area contributed by atoms with Crippen LogP contribution >= 0.6 is 0 Å². The van der Waals surface area contributed by atoms with Gasteiger partial charge in [0.15, 0.2) is 0 Å². The lowest BCUT2D eigenvalue weighted by Crippen LogP contribution is -2.39. The fourth-order valence-electron chi connectivity index (χ4n) is 3.37. The Balaban J connectivity index is 2.41. The van der Waals surface area contributed by atoms with E-state index in [-0.39, 0.29) is 0 Å². The first-order valence-electron chi connectivity index (χ1n) is 8.40. The van der Waals surface area contributed by atoms with Crippen molar-refractivity contribution in [2.75, 3.05) is 7.05 Å². The molecule has 1 saturated carbocycles. The van der Waals surface area contributed by atoms with Crippen molar-refractivity contribution in [3.05, 3.63) is 0 Å². The second-order valence-corrected chi connectivity index (χ2v) is 6.45.